The van der Waals surface area contributed by atoms with Gasteiger partial charge in [0.15, 0.2) is 0 Å². The van der Waals surface area contributed by atoms with E-state index in [1.165, 1.54) is 0 Å². The summed E-state index contributed by atoms with van der Waals surface area (Å²) in [5, 5.41) is 11.1. The Hall–Kier alpha value is -2.07. The van der Waals surface area contributed by atoms with E-state index in [1.807, 2.05) is 48.5 Å². The van der Waals surface area contributed by atoms with E-state index < -0.39 is 5.97 Å². The van der Waals surface area contributed by atoms with E-state index in [9.17, 15) is 9.90 Å². The average Bonchev–Trinajstić information content (AvgIpc) is 2.87. The van der Waals surface area contributed by atoms with E-state index in [1.54, 1.807) is 10.6 Å². The fourth-order valence-electron chi connectivity index (χ4n) is 2.32. The maximum atomic E-state index is 11.5. The molecule has 20 heavy (non-hydrogen) atoms. The van der Waals surface area contributed by atoms with Crippen LogP contribution in [-0.2, 0) is 5.33 Å². The van der Waals surface area contributed by atoms with Crippen molar-refractivity contribution in [2.45, 2.75) is 5.33 Å². The van der Waals surface area contributed by atoms with Gasteiger partial charge in [-0.1, -0.05) is 46.3 Å². The number of carboxylic acid groups (broad SMARTS) is 1. The Balaban J connectivity index is 2.27. The molecule has 3 nitrogen and oxygen atoms in total. The number of halogens is 1. The van der Waals surface area contributed by atoms with E-state index in [4.69, 9.17) is 0 Å². The molecular formula is C16H12BrNO2. The molecule has 3 rings (SSSR count). The number of carboxylic acids is 1. The number of fused-ring (bicyclic) bond motifs is 1. The molecule has 0 radical (unpaired) electrons. The van der Waals surface area contributed by atoms with Crippen molar-refractivity contribution in [2.24, 2.45) is 0 Å². The van der Waals surface area contributed by atoms with Crippen LogP contribution < -0.4 is 0 Å². The second-order valence-corrected chi connectivity index (χ2v) is 5.09. The SMILES string of the molecule is O=C(O)c1cc2ccccc2n1-c1ccc(CBr)cc1. The minimum Gasteiger partial charge on any atom is -0.477 e. The molecule has 100 valence electrons. The van der Waals surface area contributed by atoms with Crippen LogP contribution in [0, 0.1) is 0 Å². The third-order valence-corrected chi connectivity index (χ3v) is 3.93. The van der Waals surface area contributed by atoms with Crippen LogP contribution in [-0.4, -0.2) is 15.6 Å². The quantitative estimate of drug-likeness (QED) is 0.731. The van der Waals surface area contributed by atoms with Crippen LogP contribution in [0.25, 0.3) is 16.6 Å². The molecule has 0 unspecified atom stereocenters. The molecule has 0 atom stereocenters. The number of carbonyl (C=O) groups is 1. The Morgan fingerprint density at radius 2 is 1.80 bits per heavy atom. The minimum absolute atomic E-state index is 0.276. The lowest BCUT2D eigenvalue weighted by molar-refractivity contribution is 0.0688. The summed E-state index contributed by atoms with van der Waals surface area (Å²) in [7, 11) is 0. The topological polar surface area (TPSA) is 42.2 Å². The van der Waals surface area contributed by atoms with Crippen molar-refractivity contribution in [1.82, 2.24) is 4.57 Å². The van der Waals surface area contributed by atoms with Crippen molar-refractivity contribution in [2.75, 3.05) is 0 Å². The van der Waals surface area contributed by atoms with Gasteiger partial charge in [-0.3, -0.25) is 0 Å². The van der Waals surface area contributed by atoms with Gasteiger partial charge in [-0.25, -0.2) is 4.79 Å². The summed E-state index contributed by atoms with van der Waals surface area (Å²) < 4.78 is 1.77. The molecule has 0 aliphatic rings. The third kappa shape index (κ3) is 2.12. The molecule has 4 heteroatoms. The van der Waals surface area contributed by atoms with Crippen molar-refractivity contribution < 1.29 is 9.90 Å². The molecule has 0 amide bonds. The van der Waals surface area contributed by atoms with Gasteiger partial charge in [0.25, 0.3) is 0 Å². The summed E-state index contributed by atoms with van der Waals surface area (Å²) in [6.07, 6.45) is 0. The Morgan fingerprint density at radius 3 is 2.45 bits per heavy atom. The number of hydrogen-bond acceptors (Lipinski definition) is 1. The van der Waals surface area contributed by atoms with Gasteiger partial charge in [-0.05, 0) is 29.8 Å². The molecule has 0 fully saturated rings. The van der Waals surface area contributed by atoms with Gasteiger partial charge in [0.2, 0.25) is 0 Å². The first-order chi connectivity index (χ1) is 9.70. The summed E-state index contributed by atoms with van der Waals surface area (Å²) in [5.41, 5.74) is 3.18. The third-order valence-electron chi connectivity index (χ3n) is 3.28. The highest BCUT2D eigenvalue weighted by Gasteiger charge is 2.15. The van der Waals surface area contributed by atoms with Crippen LogP contribution in [0.15, 0.2) is 54.6 Å². The van der Waals surface area contributed by atoms with Crippen LogP contribution in [0.3, 0.4) is 0 Å². The monoisotopic (exact) mass is 329 g/mol. The van der Waals surface area contributed by atoms with Crippen LogP contribution in [0.5, 0.6) is 0 Å². The fourth-order valence-corrected chi connectivity index (χ4v) is 2.70. The van der Waals surface area contributed by atoms with E-state index in [0.717, 1.165) is 27.5 Å². The van der Waals surface area contributed by atoms with Crippen LogP contribution in [0.4, 0.5) is 0 Å². The van der Waals surface area contributed by atoms with Gasteiger partial charge in [-0.15, -0.1) is 0 Å². The van der Waals surface area contributed by atoms with Gasteiger partial charge in [0.05, 0.1) is 5.52 Å². The zero-order valence-electron chi connectivity index (χ0n) is 10.6. The highest BCUT2D eigenvalue weighted by atomic mass is 79.9. The lowest BCUT2D eigenvalue weighted by atomic mass is 10.2. The summed E-state index contributed by atoms with van der Waals surface area (Å²) in [4.78, 5) is 11.5. The zero-order valence-corrected chi connectivity index (χ0v) is 12.2. The lowest BCUT2D eigenvalue weighted by Crippen LogP contribution is -2.06. The Bertz CT molecular complexity index is 775. The second kappa shape index (κ2) is 5.13. The second-order valence-electron chi connectivity index (χ2n) is 4.53. The maximum Gasteiger partial charge on any atom is 0.352 e. The summed E-state index contributed by atoms with van der Waals surface area (Å²) in [5.74, 6) is -0.925. The maximum absolute atomic E-state index is 11.5. The molecule has 1 aromatic heterocycles. The predicted octanol–water partition coefficient (Wildman–Crippen LogP) is 4.22. The zero-order chi connectivity index (χ0) is 14.1. The van der Waals surface area contributed by atoms with Crippen molar-refractivity contribution >= 4 is 32.8 Å². The predicted molar refractivity (Wildman–Crippen MR) is 82.9 cm³/mol. The number of nitrogens with zero attached hydrogens (tertiary/aromatic N) is 1. The number of benzene rings is 2. The van der Waals surface area contributed by atoms with E-state index >= 15 is 0 Å². The van der Waals surface area contributed by atoms with Crippen molar-refractivity contribution in [3.05, 3.63) is 65.9 Å². The largest absolute Gasteiger partial charge is 0.477 e. The highest BCUT2D eigenvalue weighted by Crippen LogP contribution is 2.25. The normalized spacial score (nSPS) is 10.8. The van der Waals surface area contributed by atoms with E-state index in [-0.39, 0.29) is 5.69 Å². The van der Waals surface area contributed by atoms with Gasteiger partial charge in [-0.2, -0.15) is 0 Å². The molecule has 1 N–H and O–H groups in total. The summed E-state index contributed by atoms with van der Waals surface area (Å²) in [6, 6.07) is 17.2. The molecular weight excluding hydrogens is 318 g/mol. The Labute approximate surface area is 124 Å². The number of alkyl halides is 1. The van der Waals surface area contributed by atoms with E-state index in [0.29, 0.717) is 0 Å². The smallest absolute Gasteiger partial charge is 0.352 e. The summed E-state index contributed by atoms with van der Waals surface area (Å²) >= 11 is 3.41. The van der Waals surface area contributed by atoms with Gasteiger partial charge in [0.1, 0.15) is 5.69 Å². The number of aromatic carboxylic acids is 1. The molecule has 0 spiro atoms. The summed E-state index contributed by atoms with van der Waals surface area (Å²) in [6.45, 7) is 0. The standard InChI is InChI=1S/C16H12BrNO2/c17-10-11-5-7-13(8-6-11)18-14-4-2-1-3-12(14)9-15(18)16(19)20/h1-9H,10H2,(H,19,20). The molecule has 3 aromatic rings. The van der Waals surface area contributed by atoms with Crippen LogP contribution in [0.1, 0.15) is 16.1 Å². The van der Waals surface area contributed by atoms with Gasteiger partial charge < -0.3 is 9.67 Å². The molecule has 2 aromatic carbocycles. The number of hydrogen-bond donors (Lipinski definition) is 1. The number of rotatable bonds is 3. The highest BCUT2D eigenvalue weighted by molar-refractivity contribution is 9.08. The van der Waals surface area contributed by atoms with Crippen molar-refractivity contribution in [3.63, 3.8) is 0 Å². The first kappa shape index (κ1) is 12.9. The molecule has 0 aliphatic carbocycles. The lowest BCUT2D eigenvalue weighted by Gasteiger charge is -2.09. The first-order valence-corrected chi connectivity index (χ1v) is 7.32. The molecule has 0 bridgehead atoms. The molecule has 1 heterocycles. The van der Waals surface area contributed by atoms with Crippen LogP contribution >= 0.6 is 15.9 Å². The average molecular weight is 330 g/mol. The number of para-hydroxylation sites is 1. The van der Waals surface area contributed by atoms with E-state index in [2.05, 4.69) is 15.9 Å². The molecule has 0 saturated heterocycles. The van der Waals surface area contributed by atoms with Crippen molar-refractivity contribution in [1.29, 1.82) is 0 Å². The minimum atomic E-state index is -0.925. The van der Waals surface area contributed by atoms with Crippen molar-refractivity contribution in [3.8, 4) is 5.69 Å². The van der Waals surface area contributed by atoms with Crippen LogP contribution in [0.2, 0.25) is 0 Å². The Morgan fingerprint density at radius 1 is 1.10 bits per heavy atom. The first-order valence-electron chi connectivity index (χ1n) is 6.20. The fraction of sp³-hybridized carbons (Fsp3) is 0.0625. The Kier molecular flexibility index (Phi) is 3.32. The van der Waals surface area contributed by atoms with Gasteiger partial charge in [0, 0.05) is 16.4 Å². The molecule has 0 aliphatic heterocycles. The van der Waals surface area contributed by atoms with Gasteiger partial charge >= 0.3 is 5.97 Å². The number of aromatic nitrogens is 1. The molecule has 0 saturated carbocycles.